The van der Waals surface area contributed by atoms with Crippen molar-refractivity contribution in [2.45, 2.75) is 53.4 Å². The van der Waals surface area contributed by atoms with E-state index in [0.29, 0.717) is 11.1 Å². The van der Waals surface area contributed by atoms with Crippen LogP contribution in [0.2, 0.25) is 5.15 Å². The molecule has 0 aliphatic heterocycles. The zero-order chi connectivity index (χ0) is 13.5. The lowest BCUT2D eigenvalue weighted by atomic mass is 9.99. The van der Waals surface area contributed by atoms with E-state index < -0.39 is 0 Å². The standard InChI is InChI=1S/C14H24ClN3/c1-5-7-8-12(6-2)9-16-14-11(4)10(3)13(15)17-18-14/h12H,5-9H2,1-4H3,(H,16,18). The van der Waals surface area contributed by atoms with Crippen LogP contribution in [0, 0.1) is 19.8 Å². The number of hydrogen-bond donors (Lipinski definition) is 1. The average molecular weight is 270 g/mol. The lowest BCUT2D eigenvalue weighted by Gasteiger charge is -2.17. The van der Waals surface area contributed by atoms with E-state index in [1.807, 2.05) is 13.8 Å². The summed E-state index contributed by atoms with van der Waals surface area (Å²) in [5, 5.41) is 12.0. The Labute approximate surface area is 115 Å². The van der Waals surface area contributed by atoms with Gasteiger partial charge in [-0.05, 0) is 37.3 Å². The first-order valence-electron chi connectivity index (χ1n) is 6.83. The van der Waals surface area contributed by atoms with Gasteiger partial charge in [-0.25, -0.2) is 0 Å². The van der Waals surface area contributed by atoms with Crippen molar-refractivity contribution in [1.29, 1.82) is 0 Å². The fraction of sp³-hybridized carbons (Fsp3) is 0.714. The number of hydrogen-bond acceptors (Lipinski definition) is 3. The van der Waals surface area contributed by atoms with E-state index in [1.165, 1.54) is 25.7 Å². The molecule has 0 saturated heterocycles. The van der Waals surface area contributed by atoms with Gasteiger partial charge in [-0.1, -0.05) is 44.7 Å². The fourth-order valence-electron chi connectivity index (χ4n) is 1.93. The largest absolute Gasteiger partial charge is 0.368 e. The molecule has 18 heavy (non-hydrogen) atoms. The molecule has 0 bridgehead atoms. The second-order valence-electron chi connectivity index (χ2n) is 4.89. The molecule has 1 heterocycles. The van der Waals surface area contributed by atoms with Crippen molar-refractivity contribution < 1.29 is 0 Å². The molecular formula is C14H24ClN3. The van der Waals surface area contributed by atoms with Crippen molar-refractivity contribution in [3.8, 4) is 0 Å². The minimum atomic E-state index is 0.496. The van der Waals surface area contributed by atoms with Crippen molar-refractivity contribution in [3.63, 3.8) is 0 Å². The van der Waals surface area contributed by atoms with Crippen molar-refractivity contribution in [1.82, 2.24) is 10.2 Å². The van der Waals surface area contributed by atoms with E-state index in [-0.39, 0.29) is 0 Å². The minimum Gasteiger partial charge on any atom is -0.368 e. The van der Waals surface area contributed by atoms with Crippen molar-refractivity contribution in [2.75, 3.05) is 11.9 Å². The molecule has 1 aromatic heterocycles. The van der Waals surface area contributed by atoms with Gasteiger partial charge in [0.1, 0.15) is 0 Å². The van der Waals surface area contributed by atoms with Crippen LogP contribution in [0.15, 0.2) is 0 Å². The summed E-state index contributed by atoms with van der Waals surface area (Å²) < 4.78 is 0. The van der Waals surface area contributed by atoms with Crippen LogP contribution in [-0.4, -0.2) is 16.7 Å². The van der Waals surface area contributed by atoms with Crippen LogP contribution in [0.5, 0.6) is 0 Å². The van der Waals surface area contributed by atoms with E-state index in [4.69, 9.17) is 11.6 Å². The van der Waals surface area contributed by atoms with Crippen LogP contribution in [0.3, 0.4) is 0 Å². The van der Waals surface area contributed by atoms with Gasteiger partial charge in [-0.2, -0.15) is 0 Å². The van der Waals surface area contributed by atoms with Gasteiger partial charge >= 0.3 is 0 Å². The van der Waals surface area contributed by atoms with Gasteiger partial charge in [0, 0.05) is 6.54 Å². The first-order valence-corrected chi connectivity index (χ1v) is 7.21. The Kier molecular flexibility index (Phi) is 6.41. The number of nitrogens with zero attached hydrogens (tertiary/aromatic N) is 2. The summed E-state index contributed by atoms with van der Waals surface area (Å²) in [5.74, 6) is 1.58. The monoisotopic (exact) mass is 269 g/mol. The molecule has 1 N–H and O–H groups in total. The Morgan fingerprint density at radius 3 is 2.50 bits per heavy atom. The molecule has 4 heteroatoms. The number of anilines is 1. The zero-order valence-corrected chi connectivity index (χ0v) is 12.6. The summed E-state index contributed by atoms with van der Waals surface area (Å²) in [6.07, 6.45) is 5.03. The maximum Gasteiger partial charge on any atom is 0.155 e. The molecule has 0 aliphatic carbocycles. The Hall–Kier alpha value is -0.830. The number of unbranched alkanes of at least 4 members (excludes halogenated alkanes) is 1. The van der Waals surface area contributed by atoms with Crippen molar-refractivity contribution in [3.05, 3.63) is 16.3 Å². The molecule has 0 radical (unpaired) electrons. The summed E-state index contributed by atoms with van der Waals surface area (Å²) in [6, 6.07) is 0. The number of aromatic nitrogens is 2. The van der Waals surface area contributed by atoms with Crippen LogP contribution in [-0.2, 0) is 0 Å². The van der Waals surface area contributed by atoms with Crippen LogP contribution in [0.4, 0.5) is 5.82 Å². The van der Waals surface area contributed by atoms with E-state index >= 15 is 0 Å². The van der Waals surface area contributed by atoms with Gasteiger partial charge in [0.05, 0.1) is 0 Å². The van der Waals surface area contributed by atoms with Crippen molar-refractivity contribution >= 4 is 17.4 Å². The van der Waals surface area contributed by atoms with Crippen molar-refractivity contribution in [2.24, 2.45) is 5.92 Å². The van der Waals surface area contributed by atoms with Gasteiger partial charge < -0.3 is 5.32 Å². The maximum atomic E-state index is 5.94. The minimum absolute atomic E-state index is 0.496. The van der Waals surface area contributed by atoms with Gasteiger partial charge in [0.25, 0.3) is 0 Å². The van der Waals surface area contributed by atoms with Crippen LogP contribution < -0.4 is 5.32 Å². The topological polar surface area (TPSA) is 37.8 Å². The molecule has 1 aromatic rings. The van der Waals surface area contributed by atoms with Crippen LogP contribution >= 0.6 is 11.6 Å². The van der Waals surface area contributed by atoms with Gasteiger partial charge in [0.15, 0.2) is 11.0 Å². The molecule has 0 saturated carbocycles. The summed E-state index contributed by atoms with van der Waals surface area (Å²) in [7, 11) is 0. The predicted molar refractivity (Wildman–Crippen MR) is 78.3 cm³/mol. The lowest BCUT2D eigenvalue weighted by molar-refractivity contribution is 0.472. The second kappa shape index (κ2) is 7.57. The molecule has 102 valence electrons. The highest BCUT2D eigenvalue weighted by molar-refractivity contribution is 6.30. The first-order chi connectivity index (χ1) is 8.60. The van der Waals surface area contributed by atoms with E-state index in [0.717, 1.165) is 23.5 Å². The summed E-state index contributed by atoms with van der Waals surface area (Å²) in [5.41, 5.74) is 2.11. The Morgan fingerprint density at radius 1 is 1.17 bits per heavy atom. The van der Waals surface area contributed by atoms with Crippen LogP contribution in [0.25, 0.3) is 0 Å². The molecular weight excluding hydrogens is 246 g/mol. The SMILES string of the molecule is CCCCC(CC)CNc1nnc(Cl)c(C)c1C. The van der Waals surface area contributed by atoms with E-state index in [2.05, 4.69) is 29.4 Å². The second-order valence-corrected chi connectivity index (χ2v) is 5.24. The third-order valence-corrected chi connectivity index (χ3v) is 3.93. The molecule has 0 fully saturated rings. The van der Waals surface area contributed by atoms with Gasteiger partial charge in [-0.3, -0.25) is 0 Å². The summed E-state index contributed by atoms with van der Waals surface area (Å²) >= 11 is 5.94. The third kappa shape index (κ3) is 4.13. The molecule has 1 rings (SSSR count). The molecule has 3 nitrogen and oxygen atoms in total. The highest BCUT2D eigenvalue weighted by Crippen LogP contribution is 2.21. The average Bonchev–Trinajstić information content (AvgIpc) is 2.38. The van der Waals surface area contributed by atoms with Crippen LogP contribution in [0.1, 0.15) is 50.7 Å². The molecule has 0 spiro atoms. The molecule has 1 atom stereocenters. The quantitative estimate of drug-likeness (QED) is 0.798. The predicted octanol–water partition coefficient (Wildman–Crippen LogP) is 4.38. The smallest absolute Gasteiger partial charge is 0.155 e. The number of nitrogens with one attached hydrogen (secondary N) is 1. The summed E-state index contributed by atoms with van der Waals surface area (Å²) in [6.45, 7) is 9.45. The molecule has 0 amide bonds. The normalized spacial score (nSPS) is 12.5. The van der Waals surface area contributed by atoms with Gasteiger partial charge in [0.2, 0.25) is 0 Å². The van der Waals surface area contributed by atoms with E-state index in [1.54, 1.807) is 0 Å². The highest BCUT2D eigenvalue weighted by Gasteiger charge is 2.10. The lowest BCUT2D eigenvalue weighted by Crippen LogP contribution is -2.16. The molecule has 1 unspecified atom stereocenters. The first kappa shape index (κ1) is 15.2. The Morgan fingerprint density at radius 2 is 1.89 bits per heavy atom. The highest BCUT2D eigenvalue weighted by atomic mass is 35.5. The maximum absolute atomic E-state index is 5.94. The Balaban J connectivity index is 2.59. The van der Waals surface area contributed by atoms with E-state index in [9.17, 15) is 0 Å². The molecule has 0 aromatic carbocycles. The molecule has 0 aliphatic rings. The summed E-state index contributed by atoms with van der Waals surface area (Å²) in [4.78, 5) is 0. The van der Waals surface area contributed by atoms with Gasteiger partial charge in [-0.15, -0.1) is 10.2 Å². The fourth-order valence-corrected chi connectivity index (χ4v) is 2.11. The number of halogens is 1. The third-order valence-electron chi connectivity index (χ3n) is 3.57. The Bertz CT molecular complexity index is 380. The zero-order valence-electron chi connectivity index (χ0n) is 11.9. The number of rotatable bonds is 7.